The van der Waals surface area contributed by atoms with Gasteiger partial charge >= 0.3 is 5.63 Å². The van der Waals surface area contributed by atoms with Crippen LogP contribution >= 0.6 is 0 Å². The summed E-state index contributed by atoms with van der Waals surface area (Å²) >= 11 is 0. The number of nitrogens with two attached hydrogens (primary N) is 1. The van der Waals surface area contributed by atoms with Gasteiger partial charge in [0, 0.05) is 11.5 Å². The Morgan fingerprint density at radius 2 is 1.78 bits per heavy atom. The molecule has 1 aromatic heterocycles. The lowest BCUT2D eigenvalue weighted by atomic mass is 9.87. The van der Waals surface area contributed by atoms with E-state index in [1.54, 1.807) is 6.07 Å². The highest BCUT2D eigenvalue weighted by Gasteiger charge is 2.35. The summed E-state index contributed by atoms with van der Waals surface area (Å²) in [6.45, 7) is -0.795. The smallest absolute Gasteiger partial charge is 0.336 e. The van der Waals surface area contributed by atoms with E-state index in [-0.39, 0.29) is 11.1 Å². The molecule has 23 heavy (non-hydrogen) atoms. The van der Waals surface area contributed by atoms with Crippen LogP contribution in [0.4, 0.5) is 0 Å². The fourth-order valence-corrected chi connectivity index (χ4v) is 2.33. The Kier molecular flexibility index (Phi) is 5.12. The van der Waals surface area contributed by atoms with Crippen molar-refractivity contribution in [2.45, 2.75) is 24.2 Å². The summed E-state index contributed by atoms with van der Waals surface area (Å²) in [6, 6.07) is 7.17. The van der Waals surface area contributed by atoms with Crippen molar-refractivity contribution in [3.63, 3.8) is 0 Å². The number of hydrogen-bond acceptors (Lipinski definition) is 7. The van der Waals surface area contributed by atoms with E-state index in [4.69, 9.17) is 15.3 Å². The van der Waals surface area contributed by atoms with Gasteiger partial charge in [-0.05, 0) is 17.7 Å². The number of hydrogen-bond donors (Lipinski definition) is 5. The van der Waals surface area contributed by atoms with Gasteiger partial charge in [-0.2, -0.15) is 0 Å². The number of primary amides is 1. The predicted octanol–water partition coefficient (Wildman–Crippen LogP) is -1.56. The number of aliphatic hydroxyl groups is 4. The minimum absolute atomic E-state index is 0.186. The lowest BCUT2D eigenvalue weighted by Crippen LogP contribution is -2.46. The van der Waals surface area contributed by atoms with E-state index in [1.165, 1.54) is 24.3 Å². The van der Waals surface area contributed by atoms with Crippen LogP contribution in [0, 0.1) is 0 Å². The van der Waals surface area contributed by atoms with Gasteiger partial charge < -0.3 is 30.6 Å². The van der Waals surface area contributed by atoms with E-state index in [0.717, 1.165) is 0 Å². The fraction of sp³-hybridized carbons (Fsp3) is 0.333. The molecule has 8 heteroatoms. The van der Waals surface area contributed by atoms with Gasteiger partial charge in [0.1, 0.15) is 17.8 Å². The number of aliphatic hydroxyl groups excluding tert-OH is 4. The molecule has 1 amide bonds. The van der Waals surface area contributed by atoms with Gasteiger partial charge in [0.05, 0.1) is 18.6 Å². The van der Waals surface area contributed by atoms with Gasteiger partial charge in [-0.1, -0.05) is 12.1 Å². The first-order valence-corrected chi connectivity index (χ1v) is 6.83. The van der Waals surface area contributed by atoms with Crippen LogP contribution in [-0.4, -0.2) is 51.3 Å². The van der Waals surface area contributed by atoms with E-state index in [9.17, 15) is 24.9 Å². The minimum Gasteiger partial charge on any atom is -0.423 e. The van der Waals surface area contributed by atoms with Crippen LogP contribution in [0.3, 0.4) is 0 Å². The molecule has 2 aromatic rings. The molecule has 0 saturated heterocycles. The van der Waals surface area contributed by atoms with E-state index in [0.29, 0.717) is 5.39 Å². The first-order valence-electron chi connectivity index (χ1n) is 6.83. The molecule has 4 atom stereocenters. The molecule has 0 saturated carbocycles. The summed E-state index contributed by atoms with van der Waals surface area (Å²) in [5, 5.41) is 38.7. The van der Waals surface area contributed by atoms with Crippen LogP contribution in [0.5, 0.6) is 0 Å². The second-order valence-electron chi connectivity index (χ2n) is 5.16. The summed E-state index contributed by atoms with van der Waals surface area (Å²) in [4.78, 5) is 22.9. The van der Waals surface area contributed by atoms with Crippen molar-refractivity contribution in [3.05, 3.63) is 46.3 Å². The van der Waals surface area contributed by atoms with Crippen molar-refractivity contribution in [3.8, 4) is 0 Å². The van der Waals surface area contributed by atoms with Crippen molar-refractivity contribution in [2.24, 2.45) is 5.73 Å². The molecule has 1 aromatic carbocycles. The molecule has 124 valence electrons. The number of benzene rings is 1. The predicted molar refractivity (Wildman–Crippen MR) is 79.5 cm³/mol. The number of carbonyl (C=O) groups excluding carboxylic acids is 1. The monoisotopic (exact) mass is 323 g/mol. The molecule has 0 spiro atoms. The summed E-state index contributed by atoms with van der Waals surface area (Å²) in [5.41, 5.74) is 5.09. The maximum atomic E-state index is 11.7. The average Bonchev–Trinajstić information content (AvgIpc) is 2.52. The van der Waals surface area contributed by atoms with Crippen LogP contribution in [0.2, 0.25) is 0 Å². The molecule has 0 bridgehead atoms. The zero-order valence-corrected chi connectivity index (χ0v) is 12.0. The molecule has 0 aliphatic rings. The molecular formula is C15H17NO7. The fourth-order valence-electron chi connectivity index (χ4n) is 2.33. The Labute approximate surface area is 130 Å². The van der Waals surface area contributed by atoms with Gasteiger partial charge in [-0.3, -0.25) is 4.79 Å². The quantitative estimate of drug-likeness (QED) is 0.403. The summed E-state index contributed by atoms with van der Waals surface area (Å²) in [5.74, 6) is -2.31. The third kappa shape index (κ3) is 3.57. The second kappa shape index (κ2) is 6.88. The zero-order chi connectivity index (χ0) is 17.1. The highest BCUT2D eigenvalue weighted by molar-refractivity contribution is 5.85. The third-order valence-electron chi connectivity index (χ3n) is 3.59. The highest BCUT2D eigenvalue weighted by atomic mass is 16.4. The summed E-state index contributed by atoms with van der Waals surface area (Å²) < 4.78 is 5.00. The van der Waals surface area contributed by atoms with Crippen molar-refractivity contribution in [1.29, 1.82) is 0 Å². The molecule has 0 unspecified atom stereocenters. The molecule has 1 heterocycles. The van der Waals surface area contributed by atoms with Gasteiger partial charge in [0.2, 0.25) is 5.91 Å². The van der Waals surface area contributed by atoms with Crippen LogP contribution < -0.4 is 11.4 Å². The molecule has 2 rings (SSSR count). The van der Waals surface area contributed by atoms with E-state index in [2.05, 4.69) is 0 Å². The number of fused-ring (bicyclic) bond motifs is 1. The van der Waals surface area contributed by atoms with Crippen LogP contribution in [-0.2, 0) is 4.79 Å². The SMILES string of the molecule is NC(=O)[C@H](c1ccc2ccc(=O)oc2c1)[C@@H](O)[C@H](O)[C@H](O)CO. The lowest BCUT2D eigenvalue weighted by molar-refractivity contribution is -0.128. The third-order valence-corrected chi connectivity index (χ3v) is 3.59. The van der Waals surface area contributed by atoms with Crippen molar-refractivity contribution < 1.29 is 29.6 Å². The number of amides is 1. The lowest BCUT2D eigenvalue weighted by Gasteiger charge is -2.27. The van der Waals surface area contributed by atoms with Gasteiger partial charge in [0.15, 0.2) is 0 Å². The second-order valence-corrected chi connectivity index (χ2v) is 5.16. The van der Waals surface area contributed by atoms with Crippen molar-refractivity contribution in [1.82, 2.24) is 0 Å². The average molecular weight is 323 g/mol. The topological polar surface area (TPSA) is 154 Å². The standard InChI is InChI=1S/C15H17NO7/c16-15(22)12(14(21)13(20)9(18)6-17)8-2-1-7-3-4-11(19)23-10(7)5-8/h1-5,9,12-14,17-18,20-21H,6H2,(H2,16,22)/t9-,12-,13-,14-/m1/s1. The van der Waals surface area contributed by atoms with Crippen LogP contribution in [0.1, 0.15) is 11.5 Å². The van der Waals surface area contributed by atoms with E-state index >= 15 is 0 Å². The molecule has 0 aliphatic heterocycles. The molecule has 0 aliphatic carbocycles. The first kappa shape index (κ1) is 17.1. The normalized spacial score (nSPS) is 16.7. The highest BCUT2D eigenvalue weighted by Crippen LogP contribution is 2.26. The Hall–Kier alpha value is -2.26. The van der Waals surface area contributed by atoms with Gasteiger partial charge in [0.25, 0.3) is 0 Å². The van der Waals surface area contributed by atoms with Gasteiger partial charge in [-0.15, -0.1) is 0 Å². The van der Waals surface area contributed by atoms with Crippen molar-refractivity contribution in [2.75, 3.05) is 6.61 Å². The Bertz CT molecular complexity index is 757. The van der Waals surface area contributed by atoms with E-state index < -0.39 is 42.4 Å². The molecule has 6 N–H and O–H groups in total. The minimum atomic E-state index is -1.78. The first-order chi connectivity index (χ1) is 10.8. The Morgan fingerprint density at radius 1 is 1.13 bits per heavy atom. The largest absolute Gasteiger partial charge is 0.423 e. The number of rotatable bonds is 6. The van der Waals surface area contributed by atoms with Crippen LogP contribution in [0.15, 0.2) is 39.5 Å². The Balaban J connectivity index is 2.45. The molecule has 8 nitrogen and oxygen atoms in total. The van der Waals surface area contributed by atoms with Crippen molar-refractivity contribution >= 4 is 16.9 Å². The molecule has 0 radical (unpaired) electrons. The Morgan fingerprint density at radius 3 is 2.39 bits per heavy atom. The maximum absolute atomic E-state index is 11.7. The van der Waals surface area contributed by atoms with Crippen LogP contribution in [0.25, 0.3) is 11.0 Å². The van der Waals surface area contributed by atoms with E-state index in [1.807, 2.05) is 0 Å². The maximum Gasteiger partial charge on any atom is 0.336 e. The van der Waals surface area contributed by atoms with Gasteiger partial charge in [-0.25, -0.2) is 4.79 Å². The zero-order valence-electron chi connectivity index (χ0n) is 12.0. The summed E-state index contributed by atoms with van der Waals surface area (Å²) in [7, 11) is 0. The summed E-state index contributed by atoms with van der Waals surface area (Å²) in [6.07, 6.45) is -5.16. The molecular weight excluding hydrogens is 306 g/mol. The number of carbonyl (C=O) groups is 1. The molecule has 0 fully saturated rings.